The summed E-state index contributed by atoms with van der Waals surface area (Å²) in [6.07, 6.45) is 0.784. The summed E-state index contributed by atoms with van der Waals surface area (Å²) >= 11 is 0. The highest BCUT2D eigenvalue weighted by Gasteiger charge is 2.34. The number of hydrogen-bond acceptors (Lipinski definition) is 4. The third-order valence-electron chi connectivity index (χ3n) is 6.36. The molecule has 1 heterocycles. The molecule has 33 heavy (non-hydrogen) atoms. The predicted octanol–water partition coefficient (Wildman–Crippen LogP) is 4.24. The highest BCUT2D eigenvalue weighted by atomic mass is 32.2. The number of amides is 1. The van der Waals surface area contributed by atoms with Crippen molar-refractivity contribution in [3.63, 3.8) is 0 Å². The van der Waals surface area contributed by atoms with Crippen LogP contribution < -0.4 is 10.1 Å². The zero-order valence-electron chi connectivity index (χ0n) is 19.3. The fourth-order valence-electron chi connectivity index (χ4n) is 4.24. The minimum absolute atomic E-state index is 0.0212. The molecule has 0 radical (unpaired) electrons. The van der Waals surface area contributed by atoms with Gasteiger partial charge in [-0.1, -0.05) is 24.3 Å². The summed E-state index contributed by atoms with van der Waals surface area (Å²) in [6.45, 7) is 5.06. The maximum absolute atomic E-state index is 13.4. The molecule has 9 heteroatoms. The summed E-state index contributed by atoms with van der Waals surface area (Å²) in [5.41, 5.74) is 3.82. The number of nitrogens with one attached hydrogen (secondary N) is 1. The molecule has 180 valence electrons. The van der Waals surface area contributed by atoms with Crippen LogP contribution in [0.25, 0.3) is 0 Å². The normalized spacial score (nSPS) is 15.6. The first-order valence-electron chi connectivity index (χ1n) is 10.9. The number of alkyl halides is 2. The van der Waals surface area contributed by atoms with Gasteiger partial charge in [0.05, 0.1) is 4.90 Å². The standard InChI is InChI=1S/C24H30F2N2O4S/c1-15-13-16(2)18(4)22(17(15)3)33(30,31)28-11-9-19(10-12-28)23(29)27-14-20-7-5-6-8-21(20)32-24(25)26/h5-8,13,19,24H,9-12,14H2,1-4H3,(H,27,29). The van der Waals surface area contributed by atoms with Gasteiger partial charge in [-0.2, -0.15) is 13.1 Å². The Morgan fingerprint density at radius 1 is 1.09 bits per heavy atom. The van der Waals surface area contributed by atoms with E-state index in [0.29, 0.717) is 23.3 Å². The van der Waals surface area contributed by atoms with E-state index in [1.54, 1.807) is 18.2 Å². The molecule has 0 unspecified atom stereocenters. The zero-order chi connectivity index (χ0) is 24.3. The Balaban J connectivity index is 1.64. The number of ether oxygens (including phenoxy) is 1. The molecule has 0 atom stereocenters. The summed E-state index contributed by atoms with van der Waals surface area (Å²) in [7, 11) is -3.68. The van der Waals surface area contributed by atoms with Gasteiger partial charge in [0.15, 0.2) is 0 Å². The average Bonchev–Trinajstić information content (AvgIpc) is 2.76. The Bertz CT molecular complexity index is 1100. The fraction of sp³-hybridized carbons (Fsp3) is 0.458. The number of hydrogen-bond donors (Lipinski definition) is 1. The second-order valence-electron chi connectivity index (χ2n) is 8.47. The van der Waals surface area contributed by atoms with E-state index in [1.807, 2.05) is 33.8 Å². The van der Waals surface area contributed by atoms with E-state index in [2.05, 4.69) is 10.1 Å². The van der Waals surface area contributed by atoms with Crippen molar-refractivity contribution in [3.05, 3.63) is 58.1 Å². The van der Waals surface area contributed by atoms with Gasteiger partial charge in [-0.3, -0.25) is 4.79 Å². The average molecular weight is 481 g/mol. The molecule has 1 fully saturated rings. The number of benzene rings is 2. The van der Waals surface area contributed by atoms with Crippen LogP contribution in [0.15, 0.2) is 35.2 Å². The van der Waals surface area contributed by atoms with Crippen molar-refractivity contribution >= 4 is 15.9 Å². The second-order valence-corrected chi connectivity index (χ2v) is 10.3. The molecule has 1 aliphatic heterocycles. The smallest absolute Gasteiger partial charge is 0.387 e. The molecule has 1 aliphatic rings. The third-order valence-corrected chi connectivity index (χ3v) is 8.53. The van der Waals surface area contributed by atoms with Crippen LogP contribution in [-0.2, 0) is 21.4 Å². The molecule has 0 spiro atoms. The maximum atomic E-state index is 13.4. The number of sulfonamides is 1. The first-order chi connectivity index (χ1) is 15.5. The van der Waals surface area contributed by atoms with Gasteiger partial charge in [-0.05, 0) is 68.9 Å². The van der Waals surface area contributed by atoms with Gasteiger partial charge in [0.2, 0.25) is 15.9 Å². The van der Waals surface area contributed by atoms with E-state index in [-0.39, 0.29) is 37.2 Å². The van der Waals surface area contributed by atoms with Gasteiger partial charge in [0.1, 0.15) is 5.75 Å². The predicted molar refractivity (Wildman–Crippen MR) is 122 cm³/mol. The lowest BCUT2D eigenvalue weighted by molar-refractivity contribution is -0.126. The van der Waals surface area contributed by atoms with Crippen LogP contribution in [0.3, 0.4) is 0 Å². The number of piperidine rings is 1. The second kappa shape index (κ2) is 10.2. The molecule has 1 N–H and O–H groups in total. The van der Waals surface area contributed by atoms with E-state index < -0.39 is 16.6 Å². The summed E-state index contributed by atoms with van der Waals surface area (Å²) in [5, 5.41) is 2.77. The van der Waals surface area contributed by atoms with Gasteiger partial charge >= 0.3 is 6.61 Å². The SMILES string of the molecule is Cc1cc(C)c(C)c(S(=O)(=O)N2CCC(C(=O)NCc3ccccc3OC(F)F)CC2)c1C. The van der Waals surface area contributed by atoms with Gasteiger partial charge in [-0.25, -0.2) is 8.42 Å². The largest absolute Gasteiger partial charge is 0.434 e. The van der Waals surface area contributed by atoms with Crippen molar-refractivity contribution in [1.82, 2.24) is 9.62 Å². The molecule has 0 aliphatic carbocycles. The molecule has 1 saturated heterocycles. The van der Waals surface area contributed by atoms with Gasteiger partial charge in [0.25, 0.3) is 0 Å². The number of rotatable bonds is 7. The fourth-order valence-corrected chi connectivity index (χ4v) is 6.29. The molecule has 2 aromatic carbocycles. The molecular formula is C24H30F2N2O4S. The number of nitrogens with zero attached hydrogens (tertiary/aromatic N) is 1. The summed E-state index contributed by atoms with van der Waals surface area (Å²) in [4.78, 5) is 13.0. The molecule has 0 bridgehead atoms. The molecule has 3 rings (SSSR count). The van der Waals surface area contributed by atoms with Crippen LogP contribution in [0.1, 0.15) is 40.7 Å². The van der Waals surface area contributed by atoms with E-state index in [0.717, 1.165) is 22.3 Å². The number of para-hydroxylation sites is 1. The van der Waals surface area contributed by atoms with Crippen molar-refractivity contribution < 1.29 is 26.7 Å². The van der Waals surface area contributed by atoms with Crippen molar-refractivity contribution in [2.75, 3.05) is 13.1 Å². The van der Waals surface area contributed by atoms with Crippen molar-refractivity contribution in [1.29, 1.82) is 0 Å². The number of carbonyl (C=O) groups excluding carboxylic acids is 1. The van der Waals surface area contributed by atoms with Crippen LogP contribution in [0.2, 0.25) is 0 Å². The Labute approximate surface area is 194 Å². The van der Waals surface area contributed by atoms with E-state index in [9.17, 15) is 22.0 Å². The third kappa shape index (κ3) is 5.52. The number of halogens is 2. The van der Waals surface area contributed by atoms with E-state index in [1.165, 1.54) is 10.4 Å². The molecule has 1 amide bonds. The highest BCUT2D eigenvalue weighted by molar-refractivity contribution is 7.89. The topological polar surface area (TPSA) is 75.7 Å². The Kier molecular flexibility index (Phi) is 7.74. The first kappa shape index (κ1) is 25.1. The number of carbonyl (C=O) groups is 1. The first-order valence-corrected chi connectivity index (χ1v) is 12.3. The minimum Gasteiger partial charge on any atom is -0.434 e. The van der Waals surface area contributed by atoms with Crippen LogP contribution in [0, 0.1) is 33.6 Å². The molecule has 6 nitrogen and oxygen atoms in total. The Morgan fingerprint density at radius 3 is 2.24 bits per heavy atom. The van der Waals surface area contributed by atoms with Crippen molar-refractivity contribution in [3.8, 4) is 5.75 Å². The molecule has 0 aromatic heterocycles. The lowest BCUT2D eigenvalue weighted by Gasteiger charge is -2.32. The van der Waals surface area contributed by atoms with Crippen molar-refractivity contribution in [2.45, 2.75) is 58.6 Å². The van der Waals surface area contributed by atoms with Gasteiger partial charge < -0.3 is 10.1 Å². The van der Waals surface area contributed by atoms with Crippen LogP contribution in [0.5, 0.6) is 5.75 Å². The molecule has 2 aromatic rings. The van der Waals surface area contributed by atoms with Crippen LogP contribution in [-0.4, -0.2) is 38.3 Å². The van der Waals surface area contributed by atoms with E-state index in [4.69, 9.17) is 0 Å². The quantitative estimate of drug-likeness (QED) is 0.643. The monoisotopic (exact) mass is 480 g/mol. The van der Waals surface area contributed by atoms with Crippen LogP contribution >= 0.6 is 0 Å². The van der Waals surface area contributed by atoms with Gasteiger partial charge in [-0.15, -0.1) is 0 Å². The highest BCUT2D eigenvalue weighted by Crippen LogP contribution is 2.31. The van der Waals surface area contributed by atoms with Gasteiger partial charge in [0, 0.05) is 31.1 Å². The molecular weight excluding hydrogens is 450 g/mol. The van der Waals surface area contributed by atoms with Crippen LogP contribution in [0.4, 0.5) is 8.78 Å². The summed E-state index contributed by atoms with van der Waals surface area (Å²) < 4.78 is 57.9. The zero-order valence-corrected chi connectivity index (χ0v) is 20.1. The Morgan fingerprint density at radius 2 is 1.67 bits per heavy atom. The van der Waals surface area contributed by atoms with E-state index >= 15 is 0 Å². The molecule has 0 saturated carbocycles. The summed E-state index contributed by atoms with van der Waals surface area (Å²) in [5.74, 6) is -0.549. The van der Waals surface area contributed by atoms with Crippen molar-refractivity contribution in [2.24, 2.45) is 5.92 Å². The minimum atomic E-state index is -3.68. The number of aryl methyl sites for hydroxylation is 2. The Hall–Kier alpha value is -2.52. The maximum Gasteiger partial charge on any atom is 0.387 e. The summed E-state index contributed by atoms with van der Waals surface area (Å²) in [6, 6.07) is 8.29. The lowest BCUT2D eigenvalue weighted by Crippen LogP contribution is -2.43. The lowest BCUT2D eigenvalue weighted by atomic mass is 9.97.